The maximum atomic E-state index is 13.5. The van der Waals surface area contributed by atoms with Gasteiger partial charge in [-0.05, 0) is 66.3 Å². The Hall–Kier alpha value is -2.36. The minimum absolute atomic E-state index is 0.145. The van der Waals surface area contributed by atoms with E-state index in [0.29, 0.717) is 11.1 Å². The summed E-state index contributed by atoms with van der Waals surface area (Å²) >= 11 is 0. The minimum atomic E-state index is -0.407. The zero-order valence-corrected chi connectivity index (χ0v) is 11.7. The van der Waals surface area contributed by atoms with Gasteiger partial charge in [0.05, 0.1) is 0 Å². The molecule has 0 unspecified atom stereocenters. The number of hydrogen-bond donors (Lipinski definition) is 2. The fourth-order valence-corrected chi connectivity index (χ4v) is 2.69. The summed E-state index contributed by atoms with van der Waals surface area (Å²) in [5, 5.41) is 7.38. The van der Waals surface area contributed by atoms with E-state index >= 15 is 0 Å². The summed E-state index contributed by atoms with van der Waals surface area (Å²) in [5.41, 5.74) is 9.18. The van der Waals surface area contributed by atoms with Gasteiger partial charge in [0.2, 0.25) is 0 Å². The topological polar surface area (TPSA) is 59.1 Å². The molecule has 0 aliphatic heterocycles. The molecule has 0 spiro atoms. The van der Waals surface area contributed by atoms with Crippen molar-refractivity contribution in [1.29, 1.82) is 5.41 Å². The van der Waals surface area contributed by atoms with Crippen LogP contribution in [0.3, 0.4) is 0 Å². The molecule has 2 aromatic rings. The van der Waals surface area contributed by atoms with Gasteiger partial charge in [0.15, 0.2) is 0 Å². The maximum absolute atomic E-state index is 13.5. The van der Waals surface area contributed by atoms with Crippen LogP contribution < -0.4 is 10.5 Å². The minimum Gasteiger partial charge on any atom is -0.489 e. The number of halogens is 1. The second kappa shape index (κ2) is 5.56. The number of benzene rings is 2. The molecule has 3 rings (SSSR count). The van der Waals surface area contributed by atoms with Gasteiger partial charge in [-0.1, -0.05) is 6.07 Å². The lowest BCUT2D eigenvalue weighted by Crippen LogP contribution is -2.12. The van der Waals surface area contributed by atoms with Gasteiger partial charge in [-0.3, -0.25) is 5.41 Å². The molecule has 1 aliphatic rings. The first-order valence-corrected chi connectivity index (χ1v) is 7.00. The fraction of sp³-hybridized carbons (Fsp3) is 0.235. The van der Waals surface area contributed by atoms with E-state index < -0.39 is 5.82 Å². The third kappa shape index (κ3) is 3.05. The first kappa shape index (κ1) is 13.6. The van der Waals surface area contributed by atoms with Crippen LogP contribution in [0.2, 0.25) is 0 Å². The summed E-state index contributed by atoms with van der Waals surface area (Å²) in [4.78, 5) is 0. The predicted octanol–water partition coefficient (Wildman–Crippen LogP) is 3.18. The monoisotopic (exact) mass is 284 g/mol. The highest BCUT2D eigenvalue weighted by Crippen LogP contribution is 2.26. The van der Waals surface area contributed by atoms with E-state index in [0.717, 1.165) is 18.6 Å². The van der Waals surface area contributed by atoms with E-state index in [2.05, 4.69) is 12.1 Å². The van der Waals surface area contributed by atoms with Crippen LogP contribution in [0.5, 0.6) is 5.75 Å². The van der Waals surface area contributed by atoms with E-state index in [1.165, 1.54) is 29.7 Å². The summed E-state index contributed by atoms with van der Waals surface area (Å²) in [6.45, 7) is 0.261. The maximum Gasteiger partial charge on any atom is 0.124 e. The molecular weight excluding hydrogens is 267 g/mol. The van der Waals surface area contributed by atoms with Crippen molar-refractivity contribution in [2.24, 2.45) is 5.73 Å². The molecule has 4 heteroatoms. The number of nitrogens with two attached hydrogens (primary N) is 1. The lowest BCUT2D eigenvalue weighted by molar-refractivity contribution is 0.305. The smallest absolute Gasteiger partial charge is 0.124 e. The second-order valence-corrected chi connectivity index (χ2v) is 5.33. The normalized spacial score (nSPS) is 13.0. The van der Waals surface area contributed by atoms with Crippen LogP contribution in [0.15, 0.2) is 36.4 Å². The highest BCUT2D eigenvalue weighted by atomic mass is 19.1. The van der Waals surface area contributed by atoms with Crippen molar-refractivity contribution in [3.8, 4) is 5.75 Å². The van der Waals surface area contributed by atoms with Crippen LogP contribution in [-0.2, 0) is 19.4 Å². The Balaban J connectivity index is 1.74. The van der Waals surface area contributed by atoms with E-state index in [1.807, 2.05) is 6.07 Å². The SMILES string of the molecule is N=C(N)c1cc(F)cc(COc2ccc3c(c2)CCC3)c1. The Kier molecular flexibility index (Phi) is 3.60. The second-order valence-electron chi connectivity index (χ2n) is 5.33. The third-order valence-electron chi connectivity index (χ3n) is 3.74. The molecule has 108 valence electrons. The highest BCUT2D eigenvalue weighted by molar-refractivity contribution is 5.95. The van der Waals surface area contributed by atoms with Gasteiger partial charge in [-0.15, -0.1) is 0 Å². The first-order valence-electron chi connectivity index (χ1n) is 7.00. The number of nitrogens with one attached hydrogen (secondary N) is 1. The summed E-state index contributed by atoms with van der Waals surface area (Å²) in [6, 6.07) is 10.5. The van der Waals surface area contributed by atoms with Crippen molar-refractivity contribution in [3.05, 3.63) is 64.5 Å². The summed E-state index contributed by atoms with van der Waals surface area (Å²) in [7, 11) is 0. The quantitative estimate of drug-likeness (QED) is 0.669. The van der Waals surface area contributed by atoms with Gasteiger partial charge < -0.3 is 10.5 Å². The average Bonchev–Trinajstić information content (AvgIpc) is 2.92. The standard InChI is InChI=1S/C17H17FN2O/c18-15-7-11(6-14(8-15)17(19)20)10-21-16-5-4-12-2-1-3-13(12)9-16/h4-9H,1-3,10H2,(H3,19,20). The van der Waals surface area contributed by atoms with Gasteiger partial charge in [-0.25, -0.2) is 4.39 Å². The van der Waals surface area contributed by atoms with Crippen molar-refractivity contribution in [2.45, 2.75) is 25.9 Å². The summed E-state index contributed by atoms with van der Waals surface area (Å²) in [5.74, 6) is 0.243. The van der Waals surface area contributed by atoms with Crippen molar-refractivity contribution >= 4 is 5.84 Å². The van der Waals surface area contributed by atoms with E-state index in [-0.39, 0.29) is 12.4 Å². The molecule has 0 radical (unpaired) electrons. The molecule has 0 saturated carbocycles. The van der Waals surface area contributed by atoms with E-state index in [4.69, 9.17) is 15.9 Å². The molecule has 3 nitrogen and oxygen atoms in total. The number of hydrogen-bond acceptors (Lipinski definition) is 2. The number of rotatable bonds is 4. The highest BCUT2D eigenvalue weighted by Gasteiger charge is 2.11. The van der Waals surface area contributed by atoms with Crippen LogP contribution in [0.25, 0.3) is 0 Å². The van der Waals surface area contributed by atoms with Gasteiger partial charge in [-0.2, -0.15) is 0 Å². The molecule has 0 atom stereocenters. The number of ether oxygens (including phenoxy) is 1. The Morgan fingerprint density at radius 3 is 2.76 bits per heavy atom. The van der Waals surface area contributed by atoms with Crippen molar-refractivity contribution < 1.29 is 9.13 Å². The molecule has 0 bridgehead atoms. The average molecular weight is 284 g/mol. The molecule has 1 aliphatic carbocycles. The zero-order valence-electron chi connectivity index (χ0n) is 11.7. The van der Waals surface area contributed by atoms with Crippen molar-refractivity contribution in [2.75, 3.05) is 0 Å². The molecule has 21 heavy (non-hydrogen) atoms. The number of amidine groups is 1. The Morgan fingerprint density at radius 1 is 1.14 bits per heavy atom. The third-order valence-corrected chi connectivity index (χ3v) is 3.74. The fourth-order valence-electron chi connectivity index (χ4n) is 2.69. The summed E-state index contributed by atoms with van der Waals surface area (Å²) < 4.78 is 19.2. The molecule has 0 amide bonds. The van der Waals surface area contributed by atoms with Crippen LogP contribution in [0.4, 0.5) is 4.39 Å². The zero-order chi connectivity index (χ0) is 14.8. The molecule has 3 N–H and O–H groups in total. The van der Waals surface area contributed by atoms with Crippen LogP contribution >= 0.6 is 0 Å². The number of nitrogen functional groups attached to an aromatic ring is 1. The molecule has 0 saturated heterocycles. The van der Waals surface area contributed by atoms with Gasteiger partial charge in [0.1, 0.15) is 24.0 Å². The van der Waals surface area contributed by atoms with Gasteiger partial charge in [0.25, 0.3) is 0 Å². The number of aryl methyl sites for hydroxylation is 2. The van der Waals surface area contributed by atoms with Crippen LogP contribution in [0.1, 0.15) is 28.7 Å². The Bertz CT molecular complexity index is 697. The number of fused-ring (bicyclic) bond motifs is 1. The van der Waals surface area contributed by atoms with Crippen molar-refractivity contribution in [3.63, 3.8) is 0 Å². The lowest BCUT2D eigenvalue weighted by Gasteiger charge is -2.09. The Morgan fingerprint density at radius 2 is 1.95 bits per heavy atom. The summed E-state index contributed by atoms with van der Waals surface area (Å²) in [6.07, 6.45) is 3.44. The van der Waals surface area contributed by atoms with Gasteiger partial charge >= 0.3 is 0 Å². The van der Waals surface area contributed by atoms with Crippen LogP contribution in [-0.4, -0.2) is 5.84 Å². The molecule has 0 heterocycles. The first-order chi connectivity index (χ1) is 10.1. The largest absolute Gasteiger partial charge is 0.489 e. The molecule has 2 aromatic carbocycles. The molecule has 0 fully saturated rings. The lowest BCUT2D eigenvalue weighted by atomic mass is 10.1. The van der Waals surface area contributed by atoms with E-state index in [1.54, 1.807) is 6.07 Å². The van der Waals surface area contributed by atoms with Gasteiger partial charge in [0, 0.05) is 5.56 Å². The Labute approximate surface area is 123 Å². The molecule has 0 aromatic heterocycles. The van der Waals surface area contributed by atoms with Crippen LogP contribution in [0, 0.1) is 11.2 Å². The molecular formula is C17H17FN2O. The predicted molar refractivity (Wildman–Crippen MR) is 80.2 cm³/mol. The van der Waals surface area contributed by atoms with E-state index in [9.17, 15) is 4.39 Å². The van der Waals surface area contributed by atoms with Crippen molar-refractivity contribution in [1.82, 2.24) is 0 Å².